The molecule has 1 aliphatic rings. The second-order valence-electron chi connectivity index (χ2n) is 4.92. The molecular formula is C13H18N2O3S. The van der Waals surface area contributed by atoms with Gasteiger partial charge < -0.3 is 10.4 Å². The first kappa shape index (κ1) is 14.0. The molecular weight excluding hydrogens is 264 g/mol. The van der Waals surface area contributed by atoms with Gasteiger partial charge in [-0.1, -0.05) is 0 Å². The van der Waals surface area contributed by atoms with Crippen molar-refractivity contribution in [2.24, 2.45) is 0 Å². The molecule has 0 aromatic carbocycles. The van der Waals surface area contributed by atoms with E-state index in [0.717, 1.165) is 11.3 Å². The van der Waals surface area contributed by atoms with Crippen molar-refractivity contribution in [2.75, 3.05) is 13.6 Å². The number of thiophene rings is 1. The molecule has 1 unspecified atom stereocenters. The minimum atomic E-state index is -0.995. The number of amides is 1. The molecule has 2 N–H and O–H groups in total. The first-order valence-electron chi connectivity index (χ1n) is 6.32. The Balaban J connectivity index is 1.84. The summed E-state index contributed by atoms with van der Waals surface area (Å²) in [6, 6.07) is 3.96. The fourth-order valence-corrected chi connectivity index (χ4v) is 2.65. The Morgan fingerprint density at radius 2 is 2.11 bits per heavy atom. The lowest BCUT2D eigenvalue weighted by Gasteiger charge is -2.24. The van der Waals surface area contributed by atoms with Crippen LogP contribution in [0.3, 0.4) is 0 Å². The van der Waals surface area contributed by atoms with Crippen LogP contribution in [-0.2, 0) is 0 Å². The number of carboxylic acid groups (broad SMARTS) is 1. The number of carbonyl (C=O) groups is 2. The van der Waals surface area contributed by atoms with Crippen molar-refractivity contribution in [1.82, 2.24) is 10.2 Å². The molecule has 0 saturated heterocycles. The highest BCUT2D eigenvalue weighted by molar-refractivity contribution is 7.15. The van der Waals surface area contributed by atoms with E-state index >= 15 is 0 Å². The Hall–Kier alpha value is -1.40. The summed E-state index contributed by atoms with van der Waals surface area (Å²) in [4.78, 5) is 25.5. The molecule has 1 atom stereocenters. The molecule has 19 heavy (non-hydrogen) atoms. The highest BCUT2D eigenvalue weighted by Gasteiger charge is 2.29. The van der Waals surface area contributed by atoms with Crippen molar-refractivity contribution in [1.29, 1.82) is 0 Å². The van der Waals surface area contributed by atoms with E-state index in [1.807, 2.05) is 0 Å². The van der Waals surface area contributed by atoms with Crippen LogP contribution in [0.1, 0.15) is 39.1 Å². The number of hydrogen-bond acceptors (Lipinski definition) is 4. The Morgan fingerprint density at radius 3 is 2.63 bits per heavy atom. The van der Waals surface area contributed by atoms with E-state index in [0.29, 0.717) is 17.5 Å². The van der Waals surface area contributed by atoms with Gasteiger partial charge in [-0.3, -0.25) is 9.69 Å². The minimum Gasteiger partial charge on any atom is -0.477 e. The molecule has 1 heterocycles. The third kappa shape index (κ3) is 3.54. The van der Waals surface area contributed by atoms with Crippen LogP contribution >= 0.6 is 11.3 Å². The Labute approximate surface area is 116 Å². The minimum absolute atomic E-state index is 0.188. The molecule has 104 valence electrons. The lowest BCUT2D eigenvalue weighted by Crippen LogP contribution is -2.41. The van der Waals surface area contributed by atoms with Crippen molar-refractivity contribution in [2.45, 2.75) is 31.8 Å². The van der Waals surface area contributed by atoms with Gasteiger partial charge in [0, 0.05) is 18.6 Å². The van der Waals surface area contributed by atoms with Crippen molar-refractivity contribution >= 4 is 23.2 Å². The first-order valence-corrected chi connectivity index (χ1v) is 7.14. The molecule has 0 spiro atoms. The summed E-state index contributed by atoms with van der Waals surface area (Å²) in [7, 11) is 2.07. The molecule has 0 aliphatic heterocycles. The predicted molar refractivity (Wildman–Crippen MR) is 73.9 cm³/mol. The zero-order valence-electron chi connectivity index (χ0n) is 11.0. The summed E-state index contributed by atoms with van der Waals surface area (Å²) < 4.78 is 0. The van der Waals surface area contributed by atoms with Crippen LogP contribution < -0.4 is 5.32 Å². The molecule has 1 aromatic heterocycles. The van der Waals surface area contributed by atoms with Crippen LogP contribution in [0.25, 0.3) is 0 Å². The van der Waals surface area contributed by atoms with Gasteiger partial charge in [0.15, 0.2) is 0 Å². The number of rotatable bonds is 6. The normalized spacial score (nSPS) is 16.4. The third-order valence-electron chi connectivity index (χ3n) is 3.42. The van der Waals surface area contributed by atoms with Crippen molar-refractivity contribution < 1.29 is 14.7 Å². The standard InChI is InChI=1S/C13H18N2O3S/c1-8(15(2)9-3-4-9)7-14-12(16)10-5-6-11(19-10)13(17)18/h5-6,8-9H,3-4,7H2,1-2H3,(H,14,16)(H,17,18). The van der Waals surface area contributed by atoms with Crippen LogP contribution in [0, 0.1) is 0 Å². The number of aromatic carboxylic acids is 1. The largest absolute Gasteiger partial charge is 0.477 e. The lowest BCUT2D eigenvalue weighted by molar-refractivity contribution is 0.0702. The fourth-order valence-electron chi connectivity index (χ4n) is 1.89. The monoisotopic (exact) mass is 282 g/mol. The van der Waals surface area contributed by atoms with Crippen LogP contribution in [0.4, 0.5) is 0 Å². The highest BCUT2D eigenvalue weighted by atomic mass is 32.1. The van der Waals surface area contributed by atoms with Gasteiger partial charge in [-0.05, 0) is 38.9 Å². The molecule has 6 heteroatoms. The van der Waals surface area contributed by atoms with Gasteiger partial charge in [-0.25, -0.2) is 4.79 Å². The van der Waals surface area contributed by atoms with E-state index in [-0.39, 0.29) is 16.8 Å². The van der Waals surface area contributed by atoms with Crippen molar-refractivity contribution in [3.05, 3.63) is 21.9 Å². The second-order valence-corrected chi connectivity index (χ2v) is 6.01. The molecule has 0 bridgehead atoms. The van der Waals surface area contributed by atoms with Gasteiger partial charge >= 0.3 is 5.97 Å². The number of nitrogens with zero attached hydrogens (tertiary/aromatic N) is 1. The zero-order valence-corrected chi connectivity index (χ0v) is 11.9. The molecule has 1 aromatic rings. The van der Waals surface area contributed by atoms with Gasteiger partial charge in [-0.15, -0.1) is 11.3 Å². The topological polar surface area (TPSA) is 69.6 Å². The maximum atomic E-state index is 11.9. The first-order chi connectivity index (χ1) is 8.99. The van der Waals surface area contributed by atoms with E-state index in [9.17, 15) is 9.59 Å². The second kappa shape index (κ2) is 5.71. The lowest BCUT2D eigenvalue weighted by atomic mass is 10.3. The molecule has 0 radical (unpaired) electrons. The molecule has 1 amide bonds. The maximum Gasteiger partial charge on any atom is 0.345 e. The summed E-state index contributed by atoms with van der Waals surface area (Å²) in [6.45, 7) is 2.65. The Bertz CT molecular complexity index is 482. The average molecular weight is 282 g/mol. The van der Waals surface area contributed by atoms with Crippen LogP contribution in [0.2, 0.25) is 0 Å². The third-order valence-corrected chi connectivity index (χ3v) is 4.49. The van der Waals surface area contributed by atoms with Crippen LogP contribution in [-0.4, -0.2) is 47.6 Å². The highest BCUT2D eigenvalue weighted by Crippen LogP contribution is 2.26. The van der Waals surface area contributed by atoms with E-state index in [1.165, 1.54) is 18.9 Å². The van der Waals surface area contributed by atoms with Gasteiger partial charge in [0.1, 0.15) is 4.88 Å². The van der Waals surface area contributed by atoms with E-state index < -0.39 is 5.97 Å². The maximum absolute atomic E-state index is 11.9. The molecule has 1 aliphatic carbocycles. The predicted octanol–water partition coefficient (Wildman–Crippen LogP) is 1.66. The Morgan fingerprint density at radius 1 is 1.47 bits per heavy atom. The van der Waals surface area contributed by atoms with E-state index in [2.05, 4.69) is 24.2 Å². The fraction of sp³-hybridized carbons (Fsp3) is 0.538. The summed E-state index contributed by atoms with van der Waals surface area (Å²) in [5.41, 5.74) is 0. The number of hydrogen-bond donors (Lipinski definition) is 2. The zero-order chi connectivity index (χ0) is 14.0. The van der Waals surface area contributed by atoms with Crippen LogP contribution in [0.5, 0.6) is 0 Å². The van der Waals surface area contributed by atoms with E-state index in [4.69, 9.17) is 5.11 Å². The molecule has 5 nitrogen and oxygen atoms in total. The number of likely N-dealkylation sites (N-methyl/N-ethyl adjacent to an activating group) is 1. The summed E-state index contributed by atoms with van der Waals surface area (Å²) >= 11 is 1.00. The summed E-state index contributed by atoms with van der Waals surface area (Å²) in [6.07, 6.45) is 2.48. The SMILES string of the molecule is CC(CNC(=O)c1ccc(C(=O)O)s1)N(C)C1CC1. The van der Waals surface area contributed by atoms with Crippen LogP contribution in [0.15, 0.2) is 12.1 Å². The van der Waals surface area contributed by atoms with Gasteiger partial charge in [-0.2, -0.15) is 0 Å². The summed E-state index contributed by atoms with van der Waals surface area (Å²) in [5, 5.41) is 11.7. The molecule has 1 fully saturated rings. The van der Waals surface area contributed by atoms with Gasteiger partial charge in [0.25, 0.3) is 5.91 Å². The smallest absolute Gasteiger partial charge is 0.345 e. The Kier molecular flexibility index (Phi) is 4.21. The quantitative estimate of drug-likeness (QED) is 0.832. The van der Waals surface area contributed by atoms with E-state index in [1.54, 1.807) is 6.07 Å². The van der Waals surface area contributed by atoms with Crippen molar-refractivity contribution in [3.63, 3.8) is 0 Å². The number of nitrogens with one attached hydrogen (secondary N) is 1. The van der Waals surface area contributed by atoms with Crippen molar-refractivity contribution in [3.8, 4) is 0 Å². The van der Waals surface area contributed by atoms with Gasteiger partial charge in [0.2, 0.25) is 0 Å². The van der Waals surface area contributed by atoms with Gasteiger partial charge in [0.05, 0.1) is 4.88 Å². The average Bonchev–Trinajstić information content (AvgIpc) is 3.10. The number of carbonyl (C=O) groups excluding carboxylic acids is 1. The molecule has 2 rings (SSSR count). The number of carboxylic acids is 1. The summed E-state index contributed by atoms with van der Waals surface area (Å²) in [5.74, 6) is -1.19. The molecule has 1 saturated carbocycles.